The van der Waals surface area contributed by atoms with E-state index in [4.69, 9.17) is 0 Å². The molecule has 1 atom stereocenters. The number of para-hydroxylation sites is 2. The molecule has 0 saturated carbocycles. The Kier molecular flexibility index (Phi) is 5.06. The van der Waals surface area contributed by atoms with E-state index in [2.05, 4.69) is 29.3 Å². The Bertz CT molecular complexity index is 572. The van der Waals surface area contributed by atoms with Crippen molar-refractivity contribution in [1.82, 2.24) is 5.32 Å². The maximum Gasteiger partial charge on any atom is 0.160 e. The van der Waals surface area contributed by atoms with Crippen molar-refractivity contribution < 1.29 is 10.2 Å². The summed E-state index contributed by atoms with van der Waals surface area (Å²) in [5.74, 6) is -0.119. The van der Waals surface area contributed by atoms with Crippen LogP contribution in [0.15, 0.2) is 48.5 Å². The highest BCUT2D eigenvalue weighted by Crippen LogP contribution is 2.30. The van der Waals surface area contributed by atoms with E-state index < -0.39 is 0 Å². The Morgan fingerprint density at radius 1 is 1.05 bits per heavy atom. The van der Waals surface area contributed by atoms with Gasteiger partial charge >= 0.3 is 0 Å². The first kappa shape index (κ1) is 15.2. The predicted molar refractivity (Wildman–Crippen MR) is 85.8 cm³/mol. The molecule has 0 heterocycles. The number of phenolic OH excluding ortho intramolecular Hbond substituents is 2. The van der Waals surface area contributed by atoms with Crippen LogP contribution in [0, 0.1) is 0 Å². The second-order valence-electron chi connectivity index (χ2n) is 4.92. The molecule has 0 amide bonds. The smallest absolute Gasteiger partial charge is 0.160 e. The lowest BCUT2D eigenvalue weighted by atomic mass is 10.1. The van der Waals surface area contributed by atoms with Gasteiger partial charge in [-0.15, -0.1) is 0 Å². The van der Waals surface area contributed by atoms with Gasteiger partial charge < -0.3 is 20.4 Å². The zero-order chi connectivity index (χ0) is 15.2. The summed E-state index contributed by atoms with van der Waals surface area (Å²) < 4.78 is 0. The minimum atomic E-state index is -0.0786. The lowest BCUT2D eigenvalue weighted by molar-refractivity contribution is 0.395. The number of hydrogen-bond acceptors (Lipinski definition) is 4. The van der Waals surface area contributed by atoms with Crippen LogP contribution < -0.4 is 10.2 Å². The number of anilines is 1. The predicted octanol–water partition coefficient (Wildman–Crippen LogP) is 2.71. The van der Waals surface area contributed by atoms with Crippen LogP contribution in [0.4, 0.5) is 5.69 Å². The highest BCUT2D eigenvalue weighted by atomic mass is 16.3. The van der Waals surface area contributed by atoms with Crippen molar-refractivity contribution in [2.24, 2.45) is 0 Å². The van der Waals surface area contributed by atoms with Crippen molar-refractivity contribution in [1.29, 1.82) is 0 Å². The van der Waals surface area contributed by atoms with E-state index in [1.807, 2.05) is 31.3 Å². The molecule has 2 aromatic carbocycles. The quantitative estimate of drug-likeness (QED) is 0.564. The van der Waals surface area contributed by atoms with Crippen LogP contribution in [0.5, 0.6) is 11.5 Å². The molecule has 112 valence electrons. The topological polar surface area (TPSA) is 55.7 Å². The number of nitrogens with one attached hydrogen (secondary N) is 1. The van der Waals surface area contributed by atoms with E-state index in [0.29, 0.717) is 6.42 Å². The van der Waals surface area contributed by atoms with Gasteiger partial charge in [-0.3, -0.25) is 0 Å². The molecule has 0 aromatic heterocycles. The van der Waals surface area contributed by atoms with Crippen molar-refractivity contribution in [3.8, 4) is 11.5 Å². The van der Waals surface area contributed by atoms with E-state index in [1.165, 1.54) is 6.07 Å². The van der Waals surface area contributed by atoms with Gasteiger partial charge in [0, 0.05) is 24.2 Å². The number of nitrogens with zero attached hydrogens (tertiary/aromatic N) is 1. The number of aromatic hydroxyl groups is 2. The van der Waals surface area contributed by atoms with Gasteiger partial charge in [0.2, 0.25) is 0 Å². The largest absolute Gasteiger partial charge is 0.504 e. The van der Waals surface area contributed by atoms with Gasteiger partial charge in [-0.1, -0.05) is 30.3 Å². The number of likely N-dealkylation sites (N-methyl/N-ethyl adjacent to an activating group) is 2. The highest BCUT2D eigenvalue weighted by Gasteiger charge is 2.18. The van der Waals surface area contributed by atoms with Gasteiger partial charge in [-0.25, -0.2) is 0 Å². The van der Waals surface area contributed by atoms with E-state index >= 15 is 0 Å². The fraction of sp³-hybridized carbons (Fsp3) is 0.294. The molecule has 0 aliphatic rings. The number of hydrogen-bond donors (Lipinski definition) is 3. The lowest BCUT2D eigenvalue weighted by Gasteiger charge is -2.33. The first-order valence-corrected chi connectivity index (χ1v) is 7.16. The summed E-state index contributed by atoms with van der Waals surface area (Å²) in [6.07, 6.45) is 0.629. The van der Waals surface area contributed by atoms with E-state index in [0.717, 1.165) is 17.8 Å². The van der Waals surface area contributed by atoms with Crippen LogP contribution in [0.3, 0.4) is 0 Å². The molecular weight excluding hydrogens is 264 g/mol. The van der Waals surface area contributed by atoms with Gasteiger partial charge in [-0.05, 0) is 32.2 Å². The SMILES string of the molecule is CCN(c1ccccc1)C(Cc1cccc(O)c1O)NC. The van der Waals surface area contributed by atoms with Crippen molar-refractivity contribution in [2.75, 3.05) is 18.5 Å². The Balaban J connectivity index is 2.24. The summed E-state index contributed by atoms with van der Waals surface area (Å²) in [5, 5.41) is 22.9. The summed E-state index contributed by atoms with van der Waals surface area (Å²) >= 11 is 0. The second-order valence-corrected chi connectivity index (χ2v) is 4.92. The van der Waals surface area contributed by atoms with Crippen molar-refractivity contribution in [3.05, 3.63) is 54.1 Å². The normalized spacial score (nSPS) is 12.1. The fourth-order valence-electron chi connectivity index (χ4n) is 2.52. The Morgan fingerprint density at radius 2 is 1.76 bits per heavy atom. The molecule has 0 bridgehead atoms. The molecule has 0 aliphatic heterocycles. The molecule has 21 heavy (non-hydrogen) atoms. The van der Waals surface area contributed by atoms with Gasteiger partial charge in [0.25, 0.3) is 0 Å². The monoisotopic (exact) mass is 286 g/mol. The van der Waals surface area contributed by atoms with Crippen molar-refractivity contribution in [3.63, 3.8) is 0 Å². The number of benzene rings is 2. The van der Waals surface area contributed by atoms with Crippen LogP contribution in [-0.4, -0.2) is 30.0 Å². The Hall–Kier alpha value is -2.20. The molecule has 0 saturated heterocycles. The molecule has 3 N–H and O–H groups in total. The first-order valence-electron chi connectivity index (χ1n) is 7.16. The fourth-order valence-corrected chi connectivity index (χ4v) is 2.52. The van der Waals surface area contributed by atoms with E-state index in [1.54, 1.807) is 6.07 Å². The van der Waals surface area contributed by atoms with Crippen LogP contribution in [-0.2, 0) is 6.42 Å². The molecule has 0 spiro atoms. The standard InChI is InChI=1S/C17H22N2O2/c1-3-19(14-9-5-4-6-10-14)16(18-2)12-13-8-7-11-15(20)17(13)21/h4-11,16,18,20-21H,3,12H2,1-2H3. The molecule has 4 heteroatoms. The third-order valence-corrected chi connectivity index (χ3v) is 3.65. The summed E-state index contributed by atoms with van der Waals surface area (Å²) in [6.45, 7) is 2.94. The van der Waals surface area contributed by atoms with Crippen LogP contribution in [0.2, 0.25) is 0 Å². The zero-order valence-electron chi connectivity index (χ0n) is 12.5. The highest BCUT2D eigenvalue weighted by molar-refractivity contribution is 5.49. The summed E-state index contributed by atoms with van der Waals surface area (Å²) in [5.41, 5.74) is 1.85. The molecule has 2 aromatic rings. The van der Waals surface area contributed by atoms with Gasteiger partial charge in [0.15, 0.2) is 11.5 Å². The molecule has 0 aliphatic carbocycles. The van der Waals surface area contributed by atoms with Gasteiger partial charge in [0.1, 0.15) is 0 Å². The number of phenols is 2. The third kappa shape index (κ3) is 3.47. The zero-order valence-corrected chi connectivity index (χ0v) is 12.5. The molecule has 1 unspecified atom stereocenters. The van der Waals surface area contributed by atoms with Gasteiger partial charge in [0.05, 0.1) is 6.17 Å². The minimum Gasteiger partial charge on any atom is -0.504 e. The number of rotatable bonds is 6. The Labute approximate surface area is 125 Å². The minimum absolute atomic E-state index is 0.0325. The maximum absolute atomic E-state index is 9.97. The molecule has 0 fully saturated rings. The third-order valence-electron chi connectivity index (χ3n) is 3.65. The molecule has 4 nitrogen and oxygen atoms in total. The second kappa shape index (κ2) is 6.99. The summed E-state index contributed by atoms with van der Waals surface area (Å²) in [6, 6.07) is 15.2. The van der Waals surface area contributed by atoms with Crippen molar-refractivity contribution in [2.45, 2.75) is 19.5 Å². The summed E-state index contributed by atoms with van der Waals surface area (Å²) in [4.78, 5) is 2.23. The average molecular weight is 286 g/mol. The summed E-state index contributed by atoms with van der Waals surface area (Å²) in [7, 11) is 1.90. The van der Waals surface area contributed by atoms with Crippen LogP contribution in [0.25, 0.3) is 0 Å². The van der Waals surface area contributed by atoms with Crippen molar-refractivity contribution >= 4 is 5.69 Å². The van der Waals surface area contributed by atoms with E-state index in [9.17, 15) is 10.2 Å². The molecule has 2 rings (SSSR count). The van der Waals surface area contributed by atoms with Crippen LogP contribution >= 0.6 is 0 Å². The van der Waals surface area contributed by atoms with Gasteiger partial charge in [-0.2, -0.15) is 0 Å². The average Bonchev–Trinajstić information content (AvgIpc) is 2.52. The first-order chi connectivity index (χ1) is 10.2. The van der Waals surface area contributed by atoms with E-state index in [-0.39, 0.29) is 17.7 Å². The Morgan fingerprint density at radius 3 is 2.38 bits per heavy atom. The lowest BCUT2D eigenvalue weighted by Crippen LogP contribution is -2.45. The van der Waals surface area contributed by atoms with Crippen LogP contribution in [0.1, 0.15) is 12.5 Å². The molecular formula is C17H22N2O2. The maximum atomic E-state index is 9.97. The molecule has 0 radical (unpaired) electrons.